The van der Waals surface area contributed by atoms with Crippen LogP contribution in [0.1, 0.15) is 30.5 Å². The second-order valence-electron chi connectivity index (χ2n) is 5.95. The summed E-state index contributed by atoms with van der Waals surface area (Å²) in [6.07, 6.45) is -2.23. The minimum Gasteiger partial charge on any atom is -0.272 e. The van der Waals surface area contributed by atoms with Gasteiger partial charge in [-0.1, -0.05) is 0 Å². The first kappa shape index (κ1) is 14.9. The average Bonchev–Trinajstić information content (AvgIpc) is 2.98. The first-order chi connectivity index (χ1) is 10.4. The van der Waals surface area contributed by atoms with E-state index in [2.05, 4.69) is 0 Å². The fraction of sp³-hybridized carbons (Fsp3) is 0.467. The van der Waals surface area contributed by atoms with Crippen molar-refractivity contribution in [1.29, 1.82) is 5.26 Å². The maximum absolute atomic E-state index is 13.6. The van der Waals surface area contributed by atoms with Crippen molar-refractivity contribution in [3.63, 3.8) is 0 Å². The molecule has 3 rings (SSSR count). The number of benzene rings is 1. The van der Waals surface area contributed by atoms with E-state index in [1.165, 1.54) is 24.1 Å². The van der Waals surface area contributed by atoms with Crippen LogP contribution in [0.3, 0.4) is 0 Å². The first-order valence-corrected chi connectivity index (χ1v) is 6.94. The topological polar surface area (TPSA) is 47.3 Å². The van der Waals surface area contributed by atoms with E-state index in [1.807, 2.05) is 6.07 Å². The largest absolute Gasteiger partial charge is 0.272 e. The molecule has 22 heavy (non-hydrogen) atoms. The molecule has 116 valence electrons. The molecule has 0 aliphatic carbocycles. The van der Waals surface area contributed by atoms with Gasteiger partial charge in [0.2, 0.25) is 0 Å². The molecule has 1 aromatic carbocycles. The second kappa shape index (κ2) is 4.99. The summed E-state index contributed by atoms with van der Waals surface area (Å²) in [6.45, 7) is 1.67. The number of hydrazine groups is 1. The van der Waals surface area contributed by atoms with Gasteiger partial charge in [0, 0.05) is 13.1 Å². The molecular formula is C15H14F3N3O. The van der Waals surface area contributed by atoms with Crippen molar-refractivity contribution in [3.05, 3.63) is 35.1 Å². The van der Waals surface area contributed by atoms with Gasteiger partial charge in [-0.25, -0.2) is 18.2 Å². The summed E-state index contributed by atoms with van der Waals surface area (Å²) >= 11 is 0. The Morgan fingerprint density at radius 1 is 1.41 bits per heavy atom. The van der Waals surface area contributed by atoms with Crippen LogP contribution in [0.25, 0.3) is 0 Å². The Kier molecular flexibility index (Phi) is 3.37. The molecule has 0 aromatic heterocycles. The second-order valence-corrected chi connectivity index (χ2v) is 5.95. The van der Waals surface area contributed by atoms with E-state index in [1.54, 1.807) is 5.01 Å². The zero-order valence-electron chi connectivity index (χ0n) is 11.9. The van der Waals surface area contributed by atoms with Crippen molar-refractivity contribution in [2.45, 2.75) is 25.8 Å². The third-order valence-electron chi connectivity index (χ3n) is 4.38. The van der Waals surface area contributed by atoms with Gasteiger partial charge in [0.25, 0.3) is 12.3 Å². The summed E-state index contributed by atoms with van der Waals surface area (Å²) in [5, 5.41) is 11.8. The molecule has 0 N–H and O–H groups in total. The highest BCUT2D eigenvalue weighted by Crippen LogP contribution is 2.45. The number of carbonyl (C=O) groups is 1. The predicted molar refractivity (Wildman–Crippen MR) is 71.0 cm³/mol. The van der Waals surface area contributed by atoms with Crippen LogP contribution in [-0.4, -0.2) is 35.4 Å². The molecule has 0 spiro atoms. The van der Waals surface area contributed by atoms with E-state index in [0.29, 0.717) is 18.5 Å². The number of halogens is 3. The Bertz CT molecular complexity index is 672. The normalized spacial score (nSPS) is 28.3. The van der Waals surface area contributed by atoms with Crippen molar-refractivity contribution >= 4 is 5.91 Å². The van der Waals surface area contributed by atoms with Gasteiger partial charge in [-0.15, -0.1) is 0 Å². The molecule has 2 saturated heterocycles. The lowest BCUT2D eigenvalue weighted by Crippen LogP contribution is -2.39. The van der Waals surface area contributed by atoms with Gasteiger partial charge in [0.05, 0.1) is 17.7 Å². The Morgan fingerprint density at radius 3 is 2.77 bits per heavy atom. The smallest absolute Gasteiger partial charge is 0.254 e. The van der Waals surface area contributed by atoms with Crippen LogP contribution in [-0.2, 0) is 4.79 Å². The van der Waals surface area contributed by atoms with Gasteiger partial charge in [-0.3, -0.25) is 9.80 Å². The predicted octanol–water partition coefficient (Wildman–Crippen LogP) is 2.47. The lowest BCUT2D eigenvalue weighted by molar-refractivity contribution is -0.147. The molecule has 2 heterocycles. The van der Waals surface area contributed by atoms with E-state index in [0.717, 1.165) is 6.07 Å². The molecule has 2 fully saturated rings. The molecule has 2 aliphatic rings. The number of fused-ring (bicyclic) bond motifs is 1. The molecule has 0 radical (unpaired) electrons. The number of alkyl halides is 2. The van der Waals surface area contributed by atoms with E-state index in [-0.39, 0.29) is 12.1 Å². The molecule has 7 heteroatoms. The standard InChI is InChI=1S/C15H14F3N3O/c1-15(13(17)18)8-20-3-2-12(21(20)14(15)22)10-4-9(7-19)5-11(16)6-10/h4-6,12-13H,2-3,8H2,1H3/t12-,15-/m1/s1. The van der Waals surface area contributed by atoms with E-state index in [4.69, 9.17) is 5.26 Å². The van der Waals surface area contributed by atoms with Crippen LogP contribution >= 0.6 is 0 Å². The number of amides is 1. The maximum atomic E-state index is 13.6. The summed E-state index contributed by atoms with van der Waals surface area (Å²) < 4.78 is 40.0. The highest BCUT2D eigenvalue weighted by molar-refractivity contribution is 5.85. The Hall–Kier alpha value is -2.07. The molecule has 2 atom stereocenters. The van der Waals surface area contributed by atoms with Gasteiger partial charge in [0.15, 0.2) is 0 Å². The van der Waals surface area contributed by atoms with Gasteiger partial charge in [-0.2, -0.15) is 5.26 Å². The Morgan fingerprint density at radius 2 is 2.14 bits per heavy atom. The van der Waals surface area contributed by atoms with Gasteiger partial charge >= 0.3 is 0 Å². The quantitative estimate of drug-likeness (QED) is 0.843. The van der Waals surface area contributed by atoms with Crippen molar-refractivity contribution in [1.82, 2.24) is 10.0 Å². The van der Waals surface area contributed by atoms with Crippen molar-refractivity contribution in [2.75, 3.05) is 13.1 Å². The highest BCUT2D eigenvalue weighted by Gasteiger charge is 2.57. The third-order valence-corrected chi connectivity index (χ3v) is 4.38. The SMILES string of the molecule is C[C@]1(C(F)F)CN2CC[C@H](c3cc(F)cc(C#N)c3)N2C1=O. The summed E-state index contributed by atoms with van der Waals surface area (Å²) in [4.78, 5) is 12.4. The maximum Gasteiger partial charge on any atom is 0.254 e. The number of hydrogen-bond acceptors (Lipinski definition) is 3. The number of nitriles is 1. The first-order valence-electron chi connectivity index (χ1n) is 6.94. The van der Waals surface area contributed by atoms with E-state index >= 15 is 0 Å². The molecule has 0 saturated carbocycles. The fourth-order valence-corrected chi connectivity index (χ4v) is 3.17. The Labute approximate surface area is 125 Å². The summed E-state index contributed by atoms with van der Waals surface area (Å²) in [7, 11) is 0. The third kappa shape index (κ3) is 2.06. The van der Waals surface area contributed by atoms with Crippen LogP contribution in [0, 0.1) is 22.6 Å². The van der Waals surface area contributed by atoms with Crippen LogP contribution in [0.15, 0.2) is 18.2 Å². The van der Waals surface area contributed by atoms with Gasteiger partial charge in [0.1, 0.15) is 11.2 Å². The fourth-order valence-electron chi connectivity index (χ4n) is 3.17. The van der Waals surface area contributed by atoms with Crippen LogP contribution in [0.4, 0.5) is 13.2 Å². The lowest BCUT2D eigenvalue weighted by Gasteiger charge is -2.26. The zero-order valence-corrected chi connectivity index (χ0v) is 11.9. The average molecular weight is 309 g/mol. The molecule has 0 bridgehead atoms. The molecule has 4 nitrogen and oxygen atoms in total. The molecule has 2 aliphatic heterocycles. The minimum absolute atomic E-state index is 0.0412. The number of nitrogens with zero attached hydrogens (tertiary/aromatic N) is 3. The molecule has 1 amide bonds. The number of rotatable bonds is 2. The minimum atomic E-state index is -2.76. The molecular weight excluding hydrogens is 295 g/mol. The van der Waals surface area contributed by atoms with E-state index in [9.17, 15) is 18.0 Å². The summed E-state index contributed by atoms with van der Waals surface area (Å²) in [6, 6.07) is 5.21. The molecule has 0 unspecified atom stereocenters. The highest BCUT2D eigenvalue weighted by atomic mass is 19.3. The Balaban J connectivity index is 1.97. The van der Waals surface area contributed by atoms with Crippen molar-refractivity contribution in [2.24, 2.45) is 5.41 Å². The van der Waals surface area contributed by atoms with Crippen LogP contribution < -0.4 is 0 Å². The number of hydrogen-bond donors (Lipinski definition) is 0. The van der Waals surface area contributed by atoms with Crippen molar-refractivity contribution in [3.8, 4) is 6.07 Å². The van der Waals surface area contributed by atoms with Gasteiger partial charge in [-0.05, 0) is 37.1 Å². The van der Waals surface area contributed by atoms with E-state index < -0.39 is 29.6 Å². The monoisotopic (exact) mass is 309 g/mol. The lowest BCUT2D eigenvalue weighted by atomic mass is 9.90. The van der Waals surface area contributed by atoms with Crippen molar-refractivity contribution < 1.29 is 18.0 Å². The molecule has 1 aromatic rings. The summed E-state index contributed by atoms with van der Waals surface area (Å²) in [5.74, 6) is -1.22. The van der Waals surface area contributed by atoms with Gasteiger partial charge < -0.3 is 0 Å². The van der Waals surface area contributed by atoms with Crippen LogP contribution in [0.5, 0.6) is 0 Å². The number of carbonyl (C=O) groups excluding carboxylic acids is 1. The summed E-state index contributed by atoms with van der Waals surface area (Å²) in [5.41, 5.74) is -1.12. The zero-order chi connectivity index (χ0) is 16.1. The van der Waals surface area contributed by atoms with Crippen LogP contribution in [0.2, 0.25) is 0 Å².